The third kappa shape index (κ3) is 5.27. The largest absolute Gasteiger partial charge is 0.494 e. The first-order chi connectivity index (χ1) is 14.5. The average Bonchev–Trinajstić information content (AvgIpc) is 3.19. The molecule has 0 bridgehead atoms. The predicted molar refractivity (Wildman–Crippen MR) is 120 cm³/mol. The summed E-state index contributed by atoms with van der Waals surface area (Å²) in [6, 6.07) is 12.4. The SMILES string of the molecule is CCCCOC(=O)c1ccc(NC(=O)CN(C)c2nc3c(OC)cccc3s2)cc1. The summed E-state index contributed by atoms with van der Waals surface area (Å²) in [7, 11) is 3.43. The van der Waals surface area contributed by atoms with Crippen LogP contribution in [-0.4, -0.2) is 44.2 Å². The van der Waals surface area contributed by atoms with E-state index in [1.165, 1.54) is 11.3 Å². The molecule has 8 heteroatoms. The lowest BCUT2D eigenvalue weighted by molar-refractivity contribution is -0.114. The van der Waals surface area contributed by atoms with Crippen LogP contribution in [0.5, 0.6) is 5.75 Å². The maximum Gasteiger partial charge on any atom is 0.338 e. The smallest absolute Gasteiger partial charge is 0.338 e. The Kier molecular flexibility index (Phi) is 7.24. The number of amides is 1. The van der Waals surface area contributed by atoms with E-state index in [2.05, 4.69) is 10.3 Å². The van der Waals surface area contributed by atoms with Crippen LogP contribution in [0, 0.1) is 0 Å². The molecule has 30 heavy (non-hydrogen) atoms. The number of ether oxygens (including phenoxy) is 2. The molecule has 0 aliphatic rings. The van der Waals surface area contributed by atoms with Crippen molar-refractivity contribution in [3.8, 4) is 5.75 Å². The van der Waals surface area contributed by atoms with Crippen molar-refractivity contribution >= 4 is 44.2 Å². The molecule has 1 N–H and O–H groups in total. The van der Waals surface area contributed by atoms with Crippen LogP contribution in [0.4, 0.5) is 10.8 Å². The molecule has 1 aromatic heterocycles. The standard InChI is InChI=1S/C22H25N3O4S/c1-4-5-13-29-21(27)15-9-11-16(12-10-15)23-19(26)14-25(2)22-24-20-17(28-3)7-6-8-18(20)30-22/h6-12H,4-5,13-14H2,1-3H3,(H,23,26). The number of thiazole rings is 1. The van der Waals surface area contributed by atoms with Crippen LogP contribution in [0.15, 0.2) is 42.5 Å². The summed E-state index contributed by atoms with van der Waals surface area (Å²) >= 11 is 1.50. The van der Waals surface area contributed by atoms with Gasteiger partial charge < -0.3 is 19.7 Å². The van der Waals surface area contributed by atoms with Gasteiger partial charge in [-0.15, -0.1) is 0 Å². The number of anilines is 2. The first-order valence-electron chi connectivity index (χ1n) is 9.73. The number of carbonyl (C=O) groups is 2. The molecule has 0 aliphatic carbocycles. The third-order valence-corrected chi connectivity index (χ3v) is 5.57. The van der Waals surface area contributed by atoms with Crippen LogP contribution >= 0.6 is 11.3 Å². The van der Waals surface area contributed by atoms with Crippen LogP contribution in [0.1, 0.15) is 30.1 Å². The van der Waals surface area contributed by atoms with Crippen LogP contribution in [0.3, 0.4) is 0 Å². The Labute approximate surface area is 179 Å². The highest BCUT2D eigenvalue weighted by Gasteiger charge is 2.15. The topological polar surface area (TPSA) is 80.8 Å². The van der Waals surface area contributed by atoms with Crippen molar-refractivity contribution in [3.63, 3.8) is 0 Å². The minimum atomic E-state index is -0.354. The van der Waals surface area contributed by atoms with Gasteiger partial charge in [0.05, 0.1) is 30.5 Å². The first kappa shape index (κ1) is 21.6. The second-order valence-electron chi connectivity index (χ2n) is 6.77. The molecular formula is C22H25N3O4S. The van der Waals surface area contributed by atoms with E-state index in [0.717, 1.165) is 28.2 Å². The van der Waals surface area contributed by atoms with Crippen LogP contribution in [-0.2, 0) is 9.53 Å². The Morgan fingerprint density at radius 3 is 2.63 bits per heavy atom. The quantitative estimate of drug-likeness (QED) is 0.404. The van der Waals surface area contributed by atoms with Crippen molar-refractivity contribution in [3.05, 3.63) is 48.0 Å². The highest BCUT2D eigenvalue weighted by molar-refractivity contribution is 7.22. The summed E-state index contributed by atoms with van der Waals surface area (Å²) in [5, 5.41) is 3.57. The van der Waals surface area contributed by atoms with Gasteiger partial charge in [0.1, 0.15) is 11.3 Å². The van der Waals surface area contributed by atoms with Crippen molar-refractivity contribution in [2.24, 2.45) is 0 Å². The Balaban J connectivity index is 1.58. The molecule has 0 fully saturated rings. The molecule has 0 aliphatic heterocycles. The number of nitrogens with one attached hydrogen (secondary N) is 1. The third-order valence-electron chi connectivity index (χ3n) is 4.43. The van der Waals surface area contributed by atoms with Crippen molar-refractivity contribution in [1.82, 2.24) is 4.98 Å². The lowest BCUT2D eigenvalue weighted by atomic mass is 10.2. The molecule has 3 aromatic rings. The molecule has 0 atom stereocenters. The predicted octanol–water partition coefficient (Wildman–Crippen LogP) is 4.34. The van der Waals surface area contributed by atoms with Crippen molar-refractivity contribution in [1.29, 1.82) is 0 Å². The number of esters is 1. The van der Waals surface area contributed by atoms with Gasteiger partial charge in [0.2, 0.25) is 5.91 Å². The Bertz CT molecular complexity index is 1020. The molecule has 0 radical (unpaired) electrons. The number of unbranched alkanes of at least 4 members (excludes halogenated alkanes) is 1. The Morgan fingerprint density at radius 1 is 1.17 bits per heavy atom. The number of likely N-dealkylation sites (N-methyl/N-ethyl adjacent to an activating group) is 1. The van der Waals surface area contributed by atoms with Gasteiger partial charge in [-0.3, -0.25) is 4.79 Å². The van der Waals surface area contributed by atoms with Gasteiger partial charge in [-0.05, 0) is 42.8 Å². The second kappa shape index (κ2) is 10.1. The summed E-state index contributed by atoms with van der Waals surface area (Å²) in [6.07, 6.45) is 1.81. The molecule has 0 spiro atoms. The van der Waals surface area contributed by atoms with Crippen molar-refractivity contribution in [2.75, 3.05) is 37.5 Å². The zero-order valence-corrected chi connectivity index (χ0v) is 18.1. The lowest BCUT2D eigenvalue weighted by Crippen LogP contribution is -2.29. The van der Waals surface area contributed by atoms with E-state index < -0.39 is 0 Å². The van der Waals surface area contributed by atoms with Gasteiger partial charge in [-0.25, -0.2) is 9.78 Å². The van der Waals surface area contributed by atoms with E-state index in [1.54, 1.807) is 36.3 Å². The summed E-state index contributed by atoms with van der Waals surface area (Å²) in [4.78, 5) is 30.8. The highest BCUT2D eigenvalue weighted by atomic mass is 32.1. The number of hydrogen-bond donors (Lipinski definition) is 1. The van der Waals surface area contributed by atoms with Crippen LogP contribution in [0.2, 0.25) is 0 Å². The van der Waals surface area contributed by atoms with E-state index in [4.69, 9.17) is 9.47 Å². The molecular weight excluding hydrogens is 402 g/mol. The zero-order chi connectivity index (χ0) is 21.5. The number of para-hydroxylation sites is 1. The number of benzene rings is 2. The fraction of sp³-hybridized carbons (Fsp3) is 0.318. The molecule has 1 heterocycles. The van der Waals surface area contributed by atoms with E-state index in [9.17, 15) is 9.59 Å². The zero-order valence-electron chi connectivity index (χ0n) is 17.3. The summed E-state index contributed by atoms with van der Waals surface area (Å²) in [5.74, 6) is 0.176. The van der Waals surface area contributed by atoms with E-state index in [0.29, 0.717) is 23.6 Å². The van der Waals surface area contributed by atoms with Gasteiger partial charge in [0.25, 0.3) is 0 Å². The molecule has 158 valence electrons. The highest BCUT2D eigenvalue weighted by Crippen LogP contribution is 2.33. The average molecular weight is 428 g/mol. The van der Waals surface area contributed by atoms with E-state index in [1.807, 2.05) is 32.2 Å². The van der Waals surface area contributed by atoms with Crippen LogP contribution in [0.25, 0.3) is 10.2 Å². The van der Waals surface area contributed by atoms with Gasteiger partial charge in [-0.2, -0.15) is 0 Å². The fourth-order valence-electron chi connectivity index (χ4n) is 2.81. The molecule has 1 amide bonds. The number of hydrogen-bond acceptors (Lipinski definition) is 7. The lowest BCUT2D eigenvalue weighted by Gasteiger charge is -2.15. The summed E-state index contributed by atoms with van der Waals surface area (Å²) in [6.45, 7) is 2.59. The van der Waals surface area contributed by atoms with Crippen LogP contribution < -0.4 is 15.0 Å². The molecule has 3 rings (SSSR count). The van der Waals surface area contributed by atoms with Gasteiger partial charge in [0.15, 0.2) is 5.13 Å². The minimum absolute atomic E-state index is 0.142. The molecule has 0 saturated carbocycles. The molecule has 7 nitrogen and oxygen atoms in total. The number of rotatable bonds is 9. The minimum Gasteiger partial charge on any atom is -0.494 e. The van der Waals surface area contributed by atoms with Gasteiger partial charge in [0, 0.05) is 12.7 Å². The molecule has 0 unspecified atom stereocenters. The van der Waals surface area contributed by atoms with Crippen molar-refractivity contribution in [2.45, 2.75) is 19.8 Å². The first-order valence-corrected chi connectivity index (χ1v) is 10.5. The fourth-order valence-corrected chi connectivity index (χ4v) is 3.75. The monoisotopic (exact) mass is 427 g/mol. The van der Waals surface area contributed by atoms with Gasteiger partial charge >= 0.3 is 5.97 Å². The molecule has 2 aromatic carbocycles. The second-order valence-corrected chi connectivity index (χ2v) is 7.78. The normalized spacial score (nSPS) is 10.6. The summed E-state index contributed by atoms with van der Waals surface area (Å²) in [5.41, 5.74) is 1.86. The van der Waals surface area contributed by atoms with E-state index in [-0.39, 0.29) is 18.4 Å². The number of fused-ring (bicyclic) bond motifs is 1. The number of carbonyl (C=O) groups excluding carboxylic acids is 2. The van der Waals surface area contributed by atoms with E-state index >= 15 is 0 Å². The number of methoxy groups -OCH3 is 1. The summed E-state index contributed by atoms with van der Waals surface area (Å²) < 4.78 is 11.5. The maximum atomic E-state index is 12.4. The Morgan fingerprint density at radius 2 is 1.93 bits per heavy atom. The Hall–Kier alpha value is -3.13. The number of aromatic nitrogens is 1. The number of nitrogens with zero attached hydrogens (tertiary/aromatic N) is 2. The molecule has 0 saturated heterocycles. The van der Waals surface area contributed by atoms with Gasteiger partial charge in [-0.1, -0.05) is 30.7 Å². The van der Waals surface area contributed by atoms with Crippen molar-refractivity contribution < 1.29 is 19.1 Å². The maximum absolute atomic E-state index is 12.4.